The van der Waals surface area contributed by atoms with Gasteiger partial charge in [0.05, 0.1) is 0 Å². The number of benzene rings is 2. The van der Waals surface area contributed by atoms with Gasteiger partial charge in [-0.2, -0.15) is 0 Å². The van der Waals surface area contributed by atoms with E-state index in [1.54, 1.807) is 0 Å². The molecule has 2 aliphatic heterocycles. The molecule has 0 saturated carbocycles. The molecule has 1 unspecified atom stereocenters. The fourth-order valence-corrected chi connectivity index (χ4v) is 3.33. The van der Waals surface area contributed by atoms with Gasteiger partial charge in [0.2, 0.25) is 6.79 Å². The molecule has 5 heteroatoms. The molecule has 1 saturated heterocycles. The van der Waals surface area contributed by atoms with Crippen molar-refractivity contribution in [1.82, 2.24) is 4.90 Å². The highest BCUT2D eigenvalue weighted by Crippen LogP contribution is 2.36. The fraction of sp³-hybridized carbons (Fsp3) is 0.368. The van der Waals surface area contributed by atoms with Crippen LogP contribution in [-0.2, 0) is 0 Å². The highest BCUT2D eigenvalue weighted by Gasteiger charge is 2.24. The van der Waals surface area contributed by atoms with Crippen LogP contribution in [0.1, 0.15) is 30.9 Å². The van der Waals surface area contributed by atoms with Crippen LogP contribution in [0.25, 0.3) is 0 Å². The van der Waals surface area contributed by atoms with E-state index in [-0.39, 0.29) is 18.7 Å². The van der Waals surface area contributed by atoms with Crippen LogP contribution < -0.4 is 14.2 Å². The summed E-state index contributed by atoms with van der Waals surface area (Å²) in [5.41, 5.74) is 1.14. The van der Waals surface area contributed by atoms with E-state index in [1.165, 1.54) is 18.6 Å². The lowest BCUT2D eigenvalue weighted by atomic mass is 9.96. The number of piperidine rings is 1. The summed E-state index contributed by atoms with van der Waals surface area (Å²) >= 11 is 0. The summed E-state index contributed by atoms with van der Waals surface area (Å²) in [5, 5.41) is 0. The smallest absolute Gasteiger partial charge is 0.231 e. The van der Waals surface area contributed by atoms with Gasteiger partial charge in [-0.15, -0.1) is 0 Å². The van der Waals surface area contributed by atoms with Crippen LogP contribution in [0.3, 0.4) is 0 Å². The van der Waals surface area contributed by atoms with E-state index in [4.69, 9.17) is 14.2 Å². The third-order valence-corrected chi connectivity index (χ3v) is 4.61. The number of rotatable bonds is 4. The van der Waals surface area contributed by atoms with Crippen molar-refractivity contribution < 1.29 is 18.6 Å². The third-order valence-electron chi connectivity index (χ3n) is 4.61. The number of hydrogen-bond acceptors (Lipinski definition) is 4. The molecule has 2 heterocycles. The van der Waals surface area contributed by atoms with Crippen LogP contribution in [-0.4, -0.2) is 25.0 Å². The van der Waals surface area contributed by atoms with Gasteiger partial charge in [0.1, 0.15) is 18.3 Å². The van der Waals surface area contributed by atoms with Gasteiger partial charge in [-0.3, -0.25) is 4.90 Å². The number of ether oxygens (including phenoxy) is 3. The molecular weight excluding hydrogens is 309 g/mol. The van der Waals surface area contributed by atoms with E-state index in [9.17, 15) is 4.39 Å². The van der Waals surface area contributed by atoms with Crippen molar-refractivity contribution in [2.75, 3.05) is 20.1 Å². The Kier molecular flexibility index (Phi) is 4.26. The highest BCUT2D eigenvalue weighted by atomic mass is 19.1. The van der Waals surface area contributed by atoms with Crippen molar-refractivity contribution in [1.29, 1.82) is 0 Å². The highest BCUT2D eigenvalue weighted by molar-refractivity contribution is 5.46. The second kappa shape index (κ2) is 6.69. The molecule has 0 spiro atoms. The summed E-state index contributed by atoms with van der Waals surface area (Å²) in [7, 11) is 0. The molecule has 0 aliphatic carbocycles. The molecule has 1 fully saturated rings. The SMILES string of the molecule is Fc1ccc(C2CCCCN2COc2ccc3c(c2)OCO3)cc1. The Morgan fingerprint density at radius 3 is 2.75 bits per heavy atom. The monoisotopic (exact) mass is 329 g/mol. The van der Waals surface area contributed by atoms with E-state index < -0.39 is 0 Å². The largest absolute Gasteiger partial charge is 0.478 e. The number of hydrogen-bond donors (Lipinski definition) is 0. The summed E-state index contributed by atoms with van der Waals surface area (Å²) in [5.74, 6) is 2.05. The fourth-order valence-electron chi connectivity index (χ4n) is 3.33. The quantitative estimate of drug-likeness (QED) is 0.844. The van der Waals surface area contributed by atoms with Crippen molar-refractivity contribution >= 4 is 0 Å². The Labute approximate surface area is 140 Å². The lowest BCUT2D eigenvalue weighted by Crippen LogP contribution is -2.36. The average Bonchev–Trinajstić information content (AvgIpc) is 3.09. The summed E-state index contributed by atoms with van der Waals surface area (Å²) in [6, 6.07) is 12.7. The van der Waals surface area contributed by atoms with Crippen molar-refractivity contribution in [2.45, 2.75) is 25.3 Å². The van der Waals surface area contributed by atoms with E-state index in [2.05, 4.69) is 4.90 Å². The standard InChI is InChI=1S/C19H20FNO3/c20-15-6-4-14(5-7-15)17-3-1-2-10-21(17)12-22-16-8-9-18-19(11-16)24-13-23-18/h4-9,11,17H,1-3,10,12-13H2. The normalized spacial score (nSPS) is 20.1. The Morgan fingerprint density at radius 2 is 1.88 bits per heavy atom. The van der Waals surface area contributed by atoms with Crippen LogP contribution in [0.5, 0.6) is 17.2 Å². The number of nitrogens with zero attached hydrogens (tertiary/aromatic N) is 1. The van der Waals surface area contributed by atoms with Gasteiger partial charge in [0.25, 0.3) is 0 Å². The molecule has 2 aliphatic rings. The summed E-state index contributed by atoms with van der Waals surface area (Å²) in [6.45, 7) is 1.74. The Morgan fingerprint density at radius 1 is 1.04 bits per heavy atom. The minimum Gasteiger partial charge on any atom is -0.478 e. The topological polar surface area (TPSA) is 30.9 Å². The molecule has 2 aromatic rings. The molecule has 24 heavy (non-hydrogen) atoms. The van der Waals surface area contributed by atoms with Gasteiger partial charge in [0.15, 0.2) is 11.5 Å². The first-order chi connectivity index (χ1) is 11.8. The van der Waals surface area contributed by atoms with Crippen LogP contribution in [0, 0.1) is 5.82 Å². The van der Waals surface area contributed by atoms with Gasteiger partial charge >= 0.3 is 0 Å². The van der Waals surface area contributed by atoms with Gasteiger partial charge < -0.3 is 14.2 Å². The van der Waals surface area contributed by atoms with E-state index in [0.717, 1.165) is 42.2 Å². The van der Waals surface area contributed by atoms with Crippen molar-refractivity contribution in [2.24, 2.45) is 0 Å². The maximum atomic E-state index is 13.2. The Balaban J connectivity index is 1.44. The Hall–Kier alpha value is -2.27. The van der Waals surface area contributed by atoms with Crippen molar-refractivity contribution in [3.63, 3.8) is 0 Å². The van der Waals surface area contributed by atoms with Crippen LogP contribution >= 0.6 is 0 Å². The molecule has 126 valence electrons. The first-order valence-electron chi connectivity index (χ1n) is 8.31. The molecular formula is C19H20FNO3. The molecule has 0 bridgehead atoms. The Bertz CT molecular complexity index is 704. The molecule has 0 radical (unpaired) electrons. The predicted octanol–water partition coefficient (Wildman–Crippen LogP) is 4.12. The molecule has 0 aromatic heterocycles. The lowest BCUT2D eigenvalue weighted by Gasteiger charge is -2.35. The number of fused-ring (bicyclic) bond motifs is 1. The van der Waals surface area contributed by atoms with Crippen LogP contribution in [0.2, 0.25) is 0 Å². The summed E-state index contributed by atoms with van der Waals surface area (Å²) in [6.07, 6.45) is 3.40. The first-order valence-corrected chi connectivity index (χ1v) is 8.31. The van der Waals surface area contributed by atoms with Crippen molar-refractivity contribution in [3.05, 3.63) is 53.8 Å². The molecule has 2 aromatic carbocycles. The van der Waals surface area contributed by atoms with E-state index in [1.807, 2.05) is 30.3 Å². The lowest BCUT2D eigenvalue weighted by molar-refractivity contribution is 0.0575. The predicted molar refractivity (Wildman–Crippen MR) is 87.8 cm³/mol. The maximum absolute atomic E-state index is 13.2. The number of halogens is 1. The average molecular weight is 329 g/mol. The van der Waals surface area contributed by atoms with Gasteiger partial charge in [-0.25, -0.2) is 4.39 Å². The molecule has 1 atom stereocenters. The summed E-state index contributed by atoms with van der Waals surface area (Å²) in [4.78, 5) is 2.31. The van der Waals surface area contributed by atoms with Gasteiger partial charge in [-0.05, 0) is 42.7 Å². The van der Waals surface area contributed by atoms with Crippen LogP contribution in [0.15, 0.2) is 42.5 Å². The maximum Gasteiger partial charge on any atom is 0.231 e. The zero-order valence-corrected chi connectivity index (χ0v) is 13.4. The van der Waals surface area contributed by atoms with Gasteiger partial charge in [0, 0.05) is 18.7 Å². The second-order valence-corrected chi connectivity index (χ2v) is 6.16. The van der Waals surface area contributed by atoms with E-state index in [0.29, 0.717) is 6.73 Å². The minimum absolute atomic E-state index is 0.197. The minimum atomic E-state index is -0.197. The molecule has 0 amide bonds. The zero-order valence-electron chi connectivity index (χ0n) is 13.4. The zero-order chi connectivity index (χ0) is 16.4. The second-order valence-electron chi connectivity index (χ2n) is 6.16. The molecule has 0 N–H and O–H groups in total. The molecule has 4 nitrogen and oxygen atoms in total. The third kappa shape index (κ3) is 3.17. The summed E-state index contributed by atoms with van der Waals surface area (Å²) < 4.78 is 29.8. The van der Waals surface area contributed by atoms with Crippen molar-refractivity contribution in [3.8, 4) is 17.2 Å². The van der Waals surface area contributed by atoms with Crippen LogP contribution in [0.4, 0.5) is 4.39 Å². The van der Waals surface area contributed by atoms with E-state index >= 15 is 0 Å². The number of likely N-dealkylation sites (tertiary alicyclic amines) is 1. The molecule has 4 rings (SSSR count). The first kappa shape index (κ1) is 15.3. The van der Waals surface area contributed by atoms with Gasteiger partial charge in [-0.1, -0.05) is 18.6 Å².